The first-order valence-electron chi connectivity index (χ1n) is 8.65. The predicted octanol–water partition coefficient (Wildman–Crippen LogP) is 3.16. The van der Waals surface area contributed by atoms with Gasteiger partial charge < -0.3 is 20.7 Å². The molecule has 0 bridgehead atoms. The molecule has 148 valence electrons. The molecule has 9 heteroatoms. The van der Waals surface area contributed by atoms with Crippen LogP contribution >= 0.6 is 0 Å². The molecule has 1 unspecified atom stereocenters. The second-order valence-electron chi connectivity index (χ2n) is 7.52. The molecule has 2 aromatic heterocycles. The van der Waals surface area contributed by atoms with Crippen molar-refractivity contribution < 1.29 is 18.7 Å². The Morgan fingerprint density at radius 1 is 1.39 bits per heavy atom. The van der Waals surface area contributed by atoms with Crippen LogP contribution in [-0.2, 0) is 4.79 Å². The van der Waals surface area contributed by atoms with Gasteiger partial charge in [-0.15, -0.1) is 0 Å². The van der Waals surface area contributed by atoms with Crippen LogP contribution in [0.4, 0.5) is 8.78 Å². The van der Waals surface area contributed by atoms with Crippen LogP contribution in [0.25, 0.3) is 11.0 Å². The number of hydrogen-bond donors (Lipinski definition) is 4. The Kier molecular flexibility index (Phi) is 5.17. The van der Waals surface area contributed by atoms with Crippen LogP contribution in [0.1, 0.15) is 32.5 Å². The number of nitrogens with one attached hydrogen (secondary N) is 3. The molecule has 0 saturated carbocycles. The van der Waals surface area contributed by atoms with Gasteiger partial charge in [0.05, 0.1) is 12.2 Å². The van der Waals surface area contributed by atoms with E-state index in [-0.39, 0.29) is 5.84 Å². The zero-order chi connectivity index (χ0) is 20.5. The molecular weight excluding hydrogens is 368 g/mol. The first-order chi connectivity index (χ1) is 13.1. The molecule has 2 aromatic rings. The number of fused-ring (bicyclic) bond motifs is 1. The van der Waals surface area contributed by atoms with E-state index in [0.29, 0.717) is 16.6 Å². The second kappa shape index (κ2) is 7.41. The molecule has 0 fully saturated rings. The third-order valence-electron chi connectivity index (χ3n) is 4.33. The number of carboxylic acids is 1. The van der Waals surface area contributed by atoms with Gasteiger partial charge in [0, 0.05) is 29.4 Å². The van der Waals surface area contributed by atoms with Gasteiger partial charge in [-0.25, -0.2) is 23.6 Å². The number of amidine groups is 1. The topological polar surface area (TPSA) is 102 Å². The summed E-state index contributed by atoms with van der Waals surface area (Å²) in [6.45, 7) is 5.68. The standard InChI is InChI=1S/C19H21F2N5O2/c1-19(2,3)14(4-5-15(27)28)25-18-13(21)9-24-17(26-18)12-8-23-16-11(12)6-10(20)7-22-16/h4-9,14,17,24H,1-3H3,(H,22,23)(H,25,26)(H,27,28)/b5-4+/t14-,17?/m1/s1. The molecule has 0 aromatic carbocycles. The zero-order valence-electron chi connectivity index (χ0n) is 15.6. The molecule has 3 rings (SSSR count). The average molecular weight is 389 g/mol. The summed E-state index contributed by atoms with van der Waals surface area (Å²) in [4.78, 5) is 22.1. The van der Waals surface area contributed by atoms with Crippen molar-refractivity contribution >= 4 is 22.8 Å². The molecule has 28 heavy (non-hydrogen) atoms. The van der Waals surface area contributed by atoms with E-state index in [9.17, 15) is 13.6 Å². The van der Waals surface area contributed by atoms with E-state index in [2.05, 4.69) is 25.6 Å². The van der Waals surface area contributed by atoms with E-state index in [0.717, 1.165) is 12.3 Å². The number of aromatic nitrogens is 2. The number of halogens is 2. The minimum atomic E-state index is -1.09. The molecule has 3 heterocycles. The van der Waals surface area contributed by atoms with E-state index in [4.69, 9.17) is 5.11 Å². The van der Waals surface area contributed by atoms with Gasteiger partial charge in [-0.2, -0.15) is 0 Å². The summed E-state index contributed by atoms with van der Waals surface area (Å²) in [7, 11) is 0. The Morgan fingerprint density at radius 3 is 2.82 bits per heavy atom. The largest absolute Gasteiger partial charge is 0.478 e. The number of carboxylic acid groups (broad SMARTS) is 1. The highest BCUT2D eigenvalue weighted by atomic mass is 19.1. The maximum absolute atomic E-state index is 14.4. The highest BCUT2D eigenvalue weighted by Gasteiger charge is 2.27. The Hall–Kier alpha value is -3.23. The summed E-state index contributed by atoms with van der Waals surface area (Å²) in [5.41, 5.74) is 0.705. The predicted molar refractivity (Wildman–Crippen MR) is 102 cm³/mol. The van der Waals surface area contributed by atoms with Crippen molar-refractivity contribution in [1.82, 2.24) is 20.6 Å². The number of aromatic amines is 1. The van der Waals surface area contributed by atoms with Crippen LogP contribution in [0.3, 0.4) is 0 Å². The smallest absolute Gasteiger partial charge is 0.328 e. The van der Waals surface area contributed by atoms with E-state index >= 15 is 0 Å². The SMILES string of the molecule is CC(C)(C)[C@@H](/C=C/C(=O)O)NC1=NC(c2c[nH]c3ncc(F)cc23)NC=C1F. The summed E-state index contributed by atoms with van der Waals surface area (Å²) in [6, 6.07) is 0.850. The summed E-state index contributed by atoms with van der Waals surface area (Å²) in [6.07, 6.45) is 5.72. The van der Waals surface area contributed by atoms with Crippen LogP contribution in [0.15, 0.2) is 47.6 Å². The molecule has 2 atom stereocenters. The van der Waals surface area contributed by atoms with Crippen LogP contribution in [0, 0.1) is 11.2 Å². The van der Waals surface area contributed by atoms with Gasteiger partial charge in [-0.1, -0.05) is 26.8 Å². The third-order valence-corrected chi connectivity index (χ3v) is 4.33. The number of pyridine rings is 1. The van der Waals surface area contributed by atoms with Crippen molar-refractivity contribution in [3.05, 3.63) is 54.0 Å². The molecule has 1 aliphatic rings. The Labute approximate surface area is 160 Å². The van der Waals surface area contributed by atoms with Crippen LogP contribution in [-0.4, -0.2) is 32.9 Å². The van der Waals surface area contributed by atoms with E-state index in [1.165, 1.54) is 18.3 Å². The summed E-state index contributed by atoms with van der Waals surface area (Å²) >= 11 is 0. The molecule has 0 spiro atoms. The zero-order valence-corrected chi connectivity index (χ0v) is 15.6. The van der Waals surface area contributed by atoms with Crippen molar-refractivity contribution in [2.45, 2.75) is 33.0 Å². The van der Waals surface area contributed by atoms with Crippen LogP contribution < -0.4 is 10.6 Å². The van der Waals surface area contributed by atoms with Gasteiger partial charge in [0.1, 0.15) is 17.6 Å². The van der Waals surface area contributed by atoms with Gasteiger partial charge in [0.2, 0.25) is 0 Å². The average Bonchev–Trinajstić information content (AvgIpc) is 3.01. The fourth-order valence-electron chi connectivity index (χ4n) is 2.82. The van der Waals surface area contributed by atoms with Gasteiger partial charge in [0.15, 0.2) is 11.7 Å². The number of nitrogens with zero attached hydrogens (tertiary/aromatic N) is 2. The number of hydrogen-bond acceptors (Lipinski definition) is 5. The monoisotopic (exact) mass is 389 g/mol. The molecular formula is C19H21F2N5O2. The van der Waals surface area contributed by atoms with Crippen molar-refractivity contribution in [2.24, 2.45) is 10.4 Å². The van der Waals surface area contributed by atoms with Crippen LogP contribution in [0.5, 0.6) is 0 Å². The van der Waals surface area contributed by atoms with Gasteiger partial charge in [-0.3, -0.25) is 0 Å². The van der Waals surface area contributed by atoms with Crippen molar-refractivity contribution in [3.8, 4) is 0 Å². The molecule has 0 amide bonds. The highest BCUT2D eigenvalue weighted by Crippen LogP contribution is 2.28. The number of aliphatic carboxylic acids is 1. The minimum absolute atomic E-state index is 0.0163. The lowest BCUT2D eigenvalue weighted by Crippen LogP contribution is -2.44. The first kappa shape index (κ1) is 19.5. The highest BCUT2D eigenvalue weighted by molar-refractivity contribution is 5.97. The van der Waals surface area contributed by atoms with Crippen LogP contribution in [0.2, 0.25) is 0 Å². The minimum Gasteiger partial charge on any atom is -0.478 e. The molecule has 0 saturated heterocycles. The van der Waals surface area contributed by atoms with Gasteiger partial charge in [-0.05, 0) is 11.5 Å². The third kappa shape index (κ3) is 4.19. The summed E-state index contributed by atoms with van der Waals surface area (Å²) < 4.78 is 28.0. The number of carbonyl (C=O) groups is 1. The van der Waals surface area contributed by atoms with Gasteiger partial charge in [0.25, 0.3) is 0 Å². The Morgan fingerprint density at radius 2 is 2.14 bits per heavy atom. The lowest BCUT2D eigenvalue weighted by molar-refractivity contribution is -0.131. The molecule has 1 aliphatic heterocycles. The quantitative estimate of drug-likeness (QED) is 0.602. The van der Waals surface area contributed by atoms with Crippen molar-refractivity contribution in [2.75, 3.05) is 0 Å². The summed E-state index contributed by atoms with van der Waals surface area (Å²) in [5.74, 6) is -2.21. The van der Waals surface area contributed by atoms with Crippen molar-refractivity contribution in [1.29, 1.82) is 0 Å². The Balaban J connectivity index is 1.93. The van der Waals surface area contributed by atoms with E-state index < -0.39 is 35.2 Å². The lowest BCUT2D eigenvalue weighted by atomic mass is 9.86. The molecule has 4 N–H and O–H groups in total. The lowest BCUT2D eigenvalue weighted by Gasteiger charge is -2.31. The maximum Gasteiger partial charge on any atom is 0.328 e. The normalized spacial score (nSPS) is 18.5. The van der Waals surface area contributed by atoms with Gasteiger partial charge >= 0.3 is 5.97 Å². The molecule has 0 aliphatic carbocycles. The number of H-pyrrole nitrogens is 1. The van der Waals surface area contributed by atoms with E-state index in [1.54, 1.807) is 6.20 Å². The second-order valence-corrected chi connectivity index (χ2v) is 7.52. The fourth-order valence-corrected chi connectivity index (χ4v) is 2.82. The summed E-state index contributed by atoms with van der Waals surface area (Å²) in [5, 5.41) is 15.2. The molecule has 0 radical (unpaired) electrons. The maximum atomic E-state index is 14.4. The molecule has 7 nitrogen and oxygen atoms in total. The fraction of sp³-hybridized carbons (Fsp3) is 0.316. The van der Waals surface area contributed by atoms with Crippen molar-refractivity contribution in [3.63, 3.8) is 0 Å². The van der Waals surface area contributed by atoms with E-state index in [1.807, 2.05) is 20.8 Å². The number of rotatable bonds is 4. The number of aliphatic imine (C=N–C) groups is 1. The Bertz CT molecular complexity index is 988. The first-order valence-corrected chi connectivity index (χ1v) is 8.65.